The highest BCUT2D eigenvalue weighted by molar-refractivity contribution is 5.76. The van der Waals surface area contributed by atoms with Gasteiger partial charge in [0.15, 0.2) is 17.6 Å². The molecule has 0 amide bonds. The Labute approximate surface area is 92.5 Å². The van der Waals surface area contributed by atoms with E-state index in [0.29, 0.717) is 23.7 Å². The van der Waals surface area contributed by atoms with Crippen molar-refractivity contribution in [2.24, 2.45) is 0 Å². The maximum atomic E-state index is 10.9. The van der Waals surface area contributed by atoms with E-state index in [1.54, 1.807) is 12.1 Å². The van der Waals surface area contributed by atoms with Crippen molar-refractivity contribution in [2.75, 3.05) is 14.2 Å². The number of aliphatic carboxylic acids is 1. The maximum Gasteiger partial charge on any atom is 0.345 e. The molecule has 0 aromatic heterocycles. The predicted octanol–water partition coefficient (Wildman–Crippen LogP) is 1.09. The molecule has 0 saturated carbocycles. The summed E-state index contributed by atoms with van der Waals surface area (Å²) in [4.78, 5) is 10.9. The molecule has 0 bridgehead atoms. The monoisotopic (exact) mass is 224 g/mol. The molecule has 0 saturated heterocycles. The summed E-state index contributed by atoms with van der Waals surface area (Å²) in [5.74, 6) is 0.633. The van der Waals surface area contributed by atoms with Crippen LogP contribution in [0.4, 0.5) is 0 Å². The van der Waals surface area contributed by atoms with Gasteiger partial charge >= 0.3 is 5.97 Å². The second kappa shape index (κ2) is 3.92. The van der Waals surface area contributed by atoms with Crippen LogP contribution in [0.3, 0.4) is 0 Å². The lowest BCUT2D eigenvalue weighted by molar-refractivity contribution is -0.144. The minimum absolute atomic E-state index is 0.297. The Kier molecular flexibility index (Phi) is 2.60. The van der Waals surface area contributed by atoms with E-state index >= 15 is 0 Å². The quantitative estimate of drug-likeness (QED) is 0.832. The van der Waals surface area contributed by atoms with Gasteiger partial charge in [0, 0.05) is 12.0 Å². The van der Waals surface area contributed by atoms with E-state index in [1.165, 1.54) is 14.2 Å². The molecule has 5 heteroatoms. The van der Waals surface area contributed by atoms with E-state index in [1.807, 2.05) is 0 Å². The Bertz CT molecular complexity index is 394. The summed E-state index contributed by atoms with van der Waals surface area (Å²) in [7, 11) is 3.05. The van der Waals surface area contributed by atoms with Crippen LogP contribution in [0.25, 0.3) is 0 Å². The van der Waals surface area contributed by atoms with Crippen LogP contribution in [0, 0.1) is 0 Å². The van der Waals surface area contributed by atoms with Gasteiger partial charge in [-0.05, 0) is 12.1 Å². The van der Waals surface area contributed by atoms with Gasteiger partial charge in [0.2, 0.25) is 0 Å². The molecule has 16 heavy (non-hydrogen) atoms. The molecule has 0 spiro atoms. The normalized spacial score (nSPS) is 17.5. The summed E-state index contributed by atoms with van der Waals surface area (Å²) in [6.45, 7) is 0. The fourth-order valence-electron chi connectivity index (χ4n) is 1.77. The van der Waals surface area contributed by atoms with Gasteiger partial charge in [0.25, 0.3) is 0 Å². The lowest BCUT2D eigenvalue weighted by Gasteiger charge is -2.09. The number of fused-ring (bicyclic) bond motifs is 1. The van der Waals surface area contributed by atoms with Crippen molar-refractivity contribution in [3.05, 3.63) is 17.7 Å². The van der Waals surface area contributed by atoms with Crippen molar-refractivity contribution in [1.82, 2.24) is 0 Å². The number of carboxylic acid groups (broad SMARTS) is 1. The van der Waals surface area contributed by atoms with Crippen molar-refractivity contribution in [2.45, 2.75) is 12.5 Å². The van der Waals surface area contributed by atoms with E-state index in [0.717, 1.165) is 5.56 Å². The molecule has 1 atom stereocenters. The zero-order valence-electron chi connectivity index (χ0n) is 9.02. The van der Waals surface area contributed by atoms with Crippen molar-refractivity contribution in [1.29, 1.82) is 0 Å². The van der Waals surface area contributed by atoms with Gasteiger partial charge in [0.05, 0.1) is 14.2 Å². The molecular weight excluding hydrogens is 212 g/mol. The molecular formula is C11H12O5. The van der Waals surface area contributed by atoms with Crippen LogP contribution in [0.1, 0.15) is 5.56 Å². The van der Waals surface area contributed by atoms with E-state index < -0.39 is 12.1 Å². The fraction of sp³-hybridized carbons (Fsp3) is 0.364. The Hall–Kier alpha value is -1.91. The maximum absolute atomic E-state index is 10.9. The molecule has 86 valence electrons. The lowest BCUT2D eigenvalue weighted by atomic mass is 10.1. The Morgan fingerprint density at radius 1 is 1.38 bits per heavy atom. The van der Waals surface area contributed by atoms with E-state index in [4.69, 9.17) is 19.3 Å². The topological polar surface area (TPSA) is 65.0 Å². The molecule has 1 aliphatic heterocycles. The third-order valence-electron chi connectivity index (χ3n) is 2.55. The van der Waals surface area contributed by atoms with Gasteiger partial charge in [0.1, 0.15) is 5.75 Å². The number of hydrogen-bond donors (Lipinski definition) is 1. The molecule has 0 radical (unpaired) electrons. The molecule has 1 N–H and O–H groups in total. The molecule has 1 aromatic carbocycles. The first-order valence-electron chi connectivity index (χ1n) is 4.80. The van der Waals surface area contributed by atoms with Gasteiger partial charge in [-0.25, -0.2) is 4.79 Å². The Balaban J connectivity index is 2.44. The number of carboxylic acids is 1. The first-order valence-corrected chi connectivity index (χ1v) is 4.80. The summed E-state index contributed by atoms with van der Waals surface area (Å²) < 4.78 is 15.6. The summed E-state index contributed by atoms with van der Waals surface area (Å²) in [6.07, 6.45) is -0.564. The van der Waals surface area contributed by atoms with E-state index in [2.05, 4.69) is 0 Å². The third-order valence-corrected chi connectivity index (χ3v) is 2.55. The number of benzene rings is 1. The van der Waals surface area contributed by atoms with Crippen LogP contribution < -0.4 is 14.2 Å². The van der Waals surface area contributed by atoms with Crippen molar-refractivity contribution >= 4 is 5.97 Å². The zero-order valence-corrected chi connectivity index (χ0v) is 9.02. The van der Waals surface area contributed by atoms with Crippen LogP contribution in [-0.2, 0) is 11.2 Å². The van der Waals surface area contributed by atoms with Crippen LogP contribution in [0.15, 0.2) is 12.1 Å². The summed E-state index contributed by atoms with van der Waals surface area (Å²) in [5.41, 5.74) is 0.745. The molecule has 0 fully saturated rings. The van der Waals surface area contributed by atoms with E-state index in [-0.39, 0.29) is 0 Å². The molecule has 1 heterocycles. The summed E-state index contributed by atoms with van der Waals surface area (Å²) >= 11 is 0. The largest absolute Gasteiger partial charge is 0.496 e. The van der Waals surface area contributed by atoms with Gasteiger partial charge in [-0.2, -0.15) is 0 Å². The van der Waals surface area contributed by atoms with Crippen LogP contribution in [0.5, 0.6) is 17.2 Å². The number of methoxy groups -OCH3 is 2. The average molecular weight is 224 g/mol. The number of rotatable bonds is 3. The smallest absolute Gasteiger partial charge is 0.345 e. The molecule has 1 aromatic rings. The van der Waals surface area contributed by atoms with Gasteiger partial charge in [-0.3, -0.25) is 0 Å². The Morgan fingerprint density at radius 3 is 2.56 bits per heavy atom. The first-order chi connectivity index (χ1) is 7.67. The number of hydrogen-bond acceptors (Lipinski definition) is 4. The second-order valence-corrected chi connectivity index (χ2v) is 3.43. The van der Waals surface area contributed by atoms with Crippen molar-refractivity contribution in [3.8, 4) is 17.2 Å². The van der Waals surface area contributed by atoms with Crippen LogP contribution >= 0.6 is 0 Å². The average Bonchev–Trinajstić information content (AvgIpc) is 2.72. The standard InChI is InChI=1S/C11H12O5/c1-14-7-3-4-8(15-2)10-6(7)5-9(16-10)11(12)13/h3-4,9H,5H2,1-2H3,(H,12,13). The second-order valence-electron chi connectivity index (χ2n) is 3.43. The minimum Gasteiger partial charge on any atom is -0.496 e. The summed E-state index contributed by atoms with van der Waals surface area (Å²) in [5, 5.41) is 8.91. The third kappa shape index (κ3) is 1.54. The lowest BCUT2D eigenvalue weighted by Crippen LogP contribution is -2.24. The highest BCUT2D eigenvalue weighted by Gasteiger charge is 2.33. The highest BCUT2D eigenvalue weighted by atomic mass is 16.5. The minimum atomic E-state index is -0.986. The number of ether oxygens (including phenoxy) is 3. The number of carbonyl (C=O) groups is 1. The molecule has 1 unspecified atom stereocenters. The molecule has 5 nitrogen and oxygen atoms in total. The molecule has 2 rings (SSSR count). The van der Waals surface area contributed by atoms with Crippen LogP contribution in [-0.4, -0.2) is 31.4 Å². The summed E-state index contributed by atoms with van der Waals surface area (Å²) in [6, 6.07) is 3.44. The SMILES string of the molecule is COc1ccc(OC)c2c1CC(C(=O)O)O2. The molecule has 0 aliphatic carbocycles. The van der Waals surface area contributed by atoms with Crippen LogP contribution in [0.2, 0.25) is 0 Å². The van der Waals surface area contributed by atoms with Gasteiger partial charge in [-0.1, -0.05) is 0 Å². The predicted molar refractivity (Wildman–Crippen MR) is 55.3 cm³/mol. The Morgan fingerprint density at radius 2 is 2.00 bits per heavy atom. The van der Waals surface area contributed by atoms with Crippen molar-refractivity contribution in [3.63, 3.8) is 0 Å². The van der Waals surface area contributed by atoms with E-state index in [9.17, 15) is 4.79 Å². The van der Waals surface area contributed by atoms with Crippen molar-refractivity contribution < 1.29 is 24.1 Å². The first kappa shape index (κ1) is 10.6. The van der Waals surface area contributed by atoms with Gasteiger partial charge in [-0.15, -0.1) is 0 Å². The molecule has 1 aliphatic rings. The highest BCUT2D eigenvalue weighted by Crippen LogP contribution is 2.43. The zero-order chi connectivity index (χ0) is 11.7. The van der Waals surface area contributed by atoms with Gasteiger partial charge < -0.3 is 19.3 Å². The fourth-order valence-corrected chi connectivity index (χ4v) is 1.77.